The molecule has 0 spiro atoms. The van der Waals surface area contributed by atoms with Crippen LogP contribution in [0.2, 0.25) is 0 Å². The Bertz CT molecular complexity index is 1220. The number of non-ortho nitro benzene ring substituents is 1. The summed E-state index contributed by atoms with van der Waals surface area (Å²) in [6.45, 7) is 0. The van der Waals surface area contributed by atoms with Crippen molar-refractivity contribution in [3.05, 3.63) is 106 Å². The molecule has 0 atom stereocenters. The highest BCUT2D eigenvalue weighted by atomic mass is 16.6. The lowest BCUT2D eigenvalue weighted by Crippen LogP contribution is -2.03. The van der Waals surface area contributed by atoms with Crippen molar-refractivity contribution in [2.24, 2.45) is 0 Å². The number of esters is 1. The minimum Gasteiger partial charge on any atom is -0.496 e. The standard InChI is InChI=1S/C25H18N2O5/c1-31-24-5-3-2-4-23(24)20(17-26)16-19-8-13-22(14-9-19)32-25(28)15-10-18-6-11-21(12-7-18)27(29)30/h2-16H,1H3/b15-10+,20-16-. The Morgan fingerprint density at radius 2 is 1.66 bits per heavy atom. The van der Waals surface area contributed by atoms with Gasteiger partial charge in [-0.1, -0.05) is 24.3 Å². The van der Waals surface area contributed by atoms with E-state index >= 15 is 0 Å². The fourth-order valence-electron chi connectivity index (χ4n) is 2.86. The van der Waals surface area contributed by atoms with Crippen molar-refractivity contribution in [1.29, 1.82) is 5.26 Å². The number of benzene rings is 3. The van der Waals surface area contributed by atoms with E-state index in [1.54, 1.807) is 49.6 Å². The smallest absolute Gasteiger partial charge is 0.336 e. The summed E-state index contributed by atoms with van der Waals surface area (Å²) in [5.41, 5.74) is 2.49. The van der Waals surface area contributed by atoms with Crippen LogP contribution < -0.4 is 9.47 Å². The number of nitrogens with zero attached hydrogens (tertiary/aromatic N) is 2. The molecule has 0 aliphatic heterocycles. The number of methoxy groups -OCH3 is 1. The monoisotopic (exact) mass is 426 g/mol. The summed E-state index contributed by atoms with van der Waals surface area (Å²) in [6.07, 6.45) is 4.47. The summed E-state index contributed by atoms with van der Waals surface area (Å²) in [7, 11) is 1.55. The highest BCUT2D eigenvalue weighted by molar-refractivity contribution is 5.92. The summed E-state index contributed by atoms with van der Waals surface area (Å²) in [5.74, 6) is 0.361. The summed E-state index contributed by atoms with van der Waals surface area (Å²) >= 11 is 0. The normalized spacial score (nSPS) is 11.1. The molecule has 3 aromatic rings. The summed E-state index contributed by atoms with van der Waals surface area (Å²) < 4.78 is 10.6. The second-order valence-corrected chi connectivity index (χ2v) is 6.54. The number of hydrogen-bond acceptors (Lipinski definition) is 6. The molecule has 0 amide bonds. The molecule has 3 rings (SSSR count). The lowest BCUT2D eigenvalue weighted by Gasteiger charge is -2.07. The van der Waals surface area contributed by atoms with Gasteiger partial charge < -0.3 is 9.47 Å². The molecule has 0 aromatic heterocycles. The van der Waals surface area contributed by atoms with Gasteiger partial charge >= 0.3 is 5.97 Å². The third-order valence-corrected chi connectivity index (χ3v) is 4.44. The zero-order valence-corrected chi connectivity index (χ0v) is 17.1. The van der Waals surface area contributed by atoms with Crippen LogP contribution in [0, 0.1) is 21.4 Å². The van der Waals surface area contributed by atoms with E-state index in [-0.39, 0.29) is 5.69 Å². The van der Waals surface area contributed by atoms with Gasteiger partial charge in [0.05, 0.1) is 23.7 Å². The van der Waals surface area contributed by atoms with Crippen LogP contribution in [0.4, 0.5) is 5.69 Å². The van der Waals surface area contributed by atoms with Crippen LogP contribution in [-0.4, -0.2) is 18.0 Å². The van der Waals surface area contributed by atoms with Crippen LogP contribution in [0.1, 0.15) is 16.7 Å². The molecule has 158 valence electrons. The molecule has 0 fully saturated rings. The molecular formula is C25H18N2O5. The molecule has 3 aromatic carbocycles. The number of carbonyl (C=O) groups is 1. The number of hydrogen-bond donors (Lipinski definition) is 0. The largest absolute Gasteiger partial charge is 0.496 e. The number of carbonyl (C=O) groups excluding carboxylic acids is 1. The first kappa shape index (κ1) is 22.0. The summed E-state index contributed by atoms with van der Waals surface area (Å²) in [5, 5.41) is 20.2. The number of nitro benzene ring substituents is 1. The fraction of sp³-hybridized carbons (Fsp3) is 0.0400. The van der Waals surface area contributed by atoms with Gasteiger partial charge in [-0.15, -0.1) is 0 Å². The first-order chi connectivity index (χ1) is 15.5. The van der Waals surface area contributed by atoms with E-state index in [2.05, 4.69) is 6.07 Å². The Balaban J connectivity index is 1.67. The van der Waals surface area contributed by atoms with Crippen LogP contribution in [0.3, 0.4) is 0 Å². The van der Waals surface area contributed by atoms with Gasteiger partial charge in [0.2, 0.25) is 0 Å². The number of para-hydroxylation sites is 1. The van der Waals surface area contributed by atoms with Gasteiger partial charge in [0.25, 0.3) is 5.69 Å². The maximum Gasteiger partial charge on any atom is 0.336 e. The second-order valence-electron chi connectivity index (χ2n) is 6.54. The van der Waals surface area contributed by atoms with Crippen LogP contribution in [0.15, 0.2) is 78.9 Å². The number of allylic oxidation sites excluding steroid dienone is 1. The molecule has 0 saturated carbocycles. The lowest BCUT2D eigenvalue weighted by molar-refractivity contribution is -0.384. The third kappa shape index (κ3) is 5.68. The summed E-state index contributed by atoms with van der Waals surface area (Å²) in [4.78, 5) is 22.2. The molecule has 0 aliphatic carbocycles. The quantitative estimate of drug-likeness (QED) is 0.0968. The Morgan fingerprint density at radius 1 is 1.00 bits per heavy atom. The van der Waals surface area contributed by atoms with Crippen molar-refractivity contribution in [2.75, 3.05) is 7.11 Å². The third-order valence-electron chi connectivity index (χ3n) is 4.44. The van der Waals surface area contributed by atoms with Crippen LogP contribution in [0.5, 0.6) is 11.5 Å². The maximum absolute atomic E-state index is 12.0. The van der Waals surface area contributed by atoms with E-state index < -0.39 is 10.9 Å². The van der Waals surface area contributed by atoms with Gasteiger partial charge in [-0.3, -0.25) is 10.1 Å². The molecule has 7 heteroatoms. The SMILES string of the molecule is COc1ccccc1/C(C#N)=C\c1ccc(OC(=O)/C=C/c2ccc([N+](=O)[O-])cc2)cc1. The van der Waals surface area contributed by atoms with Crippen molar-refractivity contribution < 1.29 is 19.2 Å². The van der Waals surface area contributed by atoms with Gasteiger partial charge in [-0.2, -0.15) is 5.26 Å². The first-order valence-electron chi connectivity index (χ1n) is 9.50. The van der Waals surface area contributed by atoms with Crippen LogP contribution >= 0.6 is 0 Å². The molecule has 0 unspecified atom stereocenters. The zero-order valence-electron chi connectivity index (χ0n) is 17.1. The van der Waals surface area contributed by atoms with Crippen LogP contribution in [0.25, 0.3) is 17.7 Å². The fourth-order valence-corrected chi connectivity index (χ4v) is 2.86. The Morgan fingerprint density at radius 3 is 2.28 bits per heavy atom. The van der Waals surface area contributed by atoms with Crippen molar-refractivity contribution >= 4 is 29.4 Å². The molecule has 0 N–H and O–H groups in total. The minimum atomic E-state index is -0.585. The minimum absolute atomic E-state index is 0.0240. The molecular weight excluding hydrogens is 408 g/mol. The Kier molecular flexibility index (Phi) is 7.12. The zero-order chi connectivity index (χ0) is 22.9. The Hall–Kier alpha value is -4.70. The van der Waals surface area contributed by atoms with Gasteiger partial charge in [0, 0.05) is 23.8 Å². The van der Waals surface area contributed by atoms with Crippen molar-refractivity contribution in [3.63, 3.8) is 0 Å². The van der Waals surface area contributed by atoms with Crippen molar-refractivity contribution in [1.82, 2.24) is 0 Å². The van der Waals surface area contributed by atoms with E-state index in [1.807, 2.05) is 12.1 Å². The number of nitriles is 1. The second kappa shape index (κ2) is 10.4. The van der Waals surface area contributed by atoms with Gasteiger partial charge in [0.15, 0.2) is 0 Å². The van der Waals surface area contributed by atoms with Gasteiger partial charge in [-0.05, 0) is 59.7 Å². The summed E-state index contributed by atoms with van der Waals surface area (Å²) in [6, 6.07) is 21.9. The van der Waals surface area contributed by atoms with E-state index in [1.165, 1.54) is 36.4 Å². The van der Waals surface area contributed by atoms with Crippen LogP contribution in [-0.2, 0) is 4.79 Å². The predicted molar refractivity (Wildman–Crippen MR) is 121 cm³/mol. The molecule has 32 heavy (non-hydrogen) atoms. The van der Waals surface area contributed by atoms with Crippen molar-refractivity contribution in [3.8, 4) is 17.6 Å². The molecule has 0 radical (unpaired) electrons. The lowest BCUT2D eigenvalue weighted by atomic mass is 10.0. The number of nitro groups is 1. The van der Waals surface area contributed by atoms with E-state index in [9.17, 15) is 20.2 Å². The molecule has 7 nitrogen and oxygen atoms in total. The maximum atomic E-state index is 12.0. The first-order valence-corrected chi connectivity index (χ1v) is 9.50. The van der Waals surface area contributed by atoms with Gasteiger partial charge in [0.1, 0.15) is 11.5 Å². The average molecular weight is 426 g/mol. The highest BCUT2D eigenvalue weighted by Crippen LogP contribution is 2.27. The van der Waals surface area contributed by atoms with Gasteiger partial charge in [-0.25, -0.2) is 4.79 Å². The number of ether oxygens (including phenoxy) is 2. The van der Waals surface area contributed by atoms with E-state index in [0.717, 1.165) is 5.56 Å². The molecule has 0 saturated heterocycles. The predicted octanol–water partition coefficient (Wildman–Crippen LogP) is 5.29. The molecule has 0 heterocycles. The molecule has 0 aliphatic rings. The van der Waals surface area contributed by atoms with E-state index in [0.29, 0.717) is 28.2 Å². The average Bonchev–Trinajstić information content (AvgIpc) is 2.82. The topological polar surface area (TPSA) is 102 Å². The molecule has 0 bridgehead atoms. The van der Waals surface area contributed by atoms with E-state index in [4.69, 9.17) is 9.47 Å². The highest BCUT2D eigenvalue weighted by Gasteiger charge is 2.08. The van der Waals surface area contributed by atoms with Crippen molar-refractivity contribution in [2.45, 2.75) is 0 Å². The Labute approximate surface area is 184 Å². The number of rotatable bonds is 7.